The minimum absolute atomic E-state index is 0.0770. The highest BCUT2D eigenvalue weighted by Crippen LogP contribution is 2.29. The number of benzene rings is 2. The summed E-state index contributed by atoms with van der Waals surface area (Å²) in [7, 11) is 1.61. The highest BCUT2D eigenvalue weighted by Gasteiger charge is 2.25. The normalized spacial score (nSPS) is 14.9. The van der Waals surface area contributed by atoms with Crippen LogP contribution in [-0.2, 0) is 4.79 Å². The lowest BCUT2D eigenvalue weighted by Crippen LogP contribution is -2.33. The molecule has 2 heterocycles. The third-order valence-electron chi connectivity index (χ3n) is 6.07. The lowest BCUT2D eigenvalue weighted by molar-refractivity contribution is -0.118. The van der Waals surface area contributed by atoms with Gasteiger partial charge in [-0.2, -0.15) is 0 Å². The molecule has 4 rings (SSSR count). The third kappa shape index (κ3) is 6.55. The average molecular weight is 496 g/mol. The molecule has 0 unspecified atom stereocenters. The maximum absolute atomic E-state index is 12.5. The van der Waals surface area contributed by atoms with Crippen molar-refractivity contribution in [2.45, 2.75) is 37.4 Å². The van der Waals surface area contributed by atoms with Crippen molar-refractivity contribution < 1.29 is 14.3 Å². The molecule has 3 aromatic rings. The molecule has 0 saturated carbocycles. The summed E-state index contributed by atoms with van der Waals surface area (Å²) < 4.78 is 13.1. The van der Waals surface area contributed by atoms with E-state index in [0.29, 0.717) is 24.7 Å². The maximum Gasteiger partial charge on any atom is 0.230 e. The molecule has 35 heavy (non-hydrogen) atoms. The molecule has 8 nitrogen and oxygen atoms in total. The zero-order chi connectivity index (χ0) is 24.5. The molecular formula is C26H33N5O3S. The van der Waals surface area contributed by atoms with Crippen LogP contribution in [0.3, 0.4) is 0 Å². The van der Waals surface area contributed by atoms with Crippen molar-refractivity contribution in [2.75, 3.05) is 39.1 Å². The number of nitrogens with one attached hydrogen (secondary N) is 1. The first-order valence-corrected chi connectivity index (χ1v) is 13.1. The van der Waals surface area contributed by atoms with Crippen molar-refractivity contribution in [3.05, 3.63) is 60.4 Å². The van der Waals surface area contributed by atoms with E-state index in [-0.39, 0.29) is 17.7 Å². The largest absolute Gasteiger partial charge is 0.493 e. The van der Waals surface area contributed by atoms with E-state index in [1.807, 2.05) is 42.5 Å². The standard InChI is InChI=1S/C26H33N5O3S/c1-20(30-16-9-4-10-17-30)25-28-29-26(31(25)21-11-5-3-6-12-21)35-19-24(32)27-15-18-34-23-14-8-7-13-22(23)33-2/h3,5-8,11-14,20H,4,9-10,15-19H2,1-2H3,(H,27,32)/t20-/m0/s1. The molecule has 186 valence electrons. The number of piperidine rings is 1. The molecule has 0 aliphatic carbocycles. The number of carbonyl (C=O) groups is 1. The van der Waals surface area contributed by atoms with E-state index in [1.54, 1.807) is 7.11 Å². The van der Waals surface area contributed by atoms with Gasteiger partial charge >= 0.3 is 0 Å². The zero-order valence-corrected chi connectivity index (χ0v) is 21.2. The molecule has 1 N–H and O–H groups in total. The van der Waals surface area contributed by atoms with Crippen LogP contribution in [0, 0.1) is 0 Å². The molecule has 0 radical (unpaired) electrons. The van der Waals surface area contributed by atoms with Crippen molar-refractivity contribution in [1.82, 2.24) is 25.0 Å². The molecule has 0 spiro atoms. The predicted molar refractivity (Wildman–Crippen MR) is 137 cm³/mol. The van der Waals surface area contributed by atoms with Crippen LogP contribution in [0.25, 0.3) is 5.69 Å². The van der Waals surface area contributed by atoms with Gasteiger partial charge in [-0.15, -0.1) is 10.2 Å². The number of hydrogen-bond donors (Lipinski definition) is 1. The second-order valence-corrected chi connectivity index (χ2v) is 9.36. The Labute approximate surface area is 211 Å². The highest BCUT2D eigenvalue weighted by molar-refractivity contribution is 7.99. The van der Waals surface area contributed by atoms with Crippen LogP contribution in [0.1, 0.15) is 38.1 Å². The van der Waals surface area contributed by atoms with Gasteiger partial charge in [-0.1, -0.05) is 48.5 Å². The minimum Gasteiger partial charge on any atom is -0.493 e. The van der Waals surface area contributed by atoms with Gasteiger partial charge in [0, 0.05) is 5.69 Å². The van der Waals surface area contributed by atoms with E-state index in [4.69, 9.17) is 9.47 Å². The Morgan fingerprint density at radius 2 is 1.74 bits per heavy atom. The number of likely N-dealkylation sites (tertiary alicyclic amines) is 1. The van der Waals surface area contributed by atoms with Gasteiger partial charge in [-0.05, 0) is 57.1 Å². The summed E-state index contributed by atoms with van der Waals surface area (Å²) in [5.41, 5.74) is 1.00. The number of methoxy groups -OCH3 is 1. The van der Waals surface area contributed by atoms with Crippen LogP contribution in [0.5, 0.6) is 11.5 Å². The second-order valence-electron chi connectivity index (χ2n) is 8.42. The number of carbonyl (C=O) groups excluding carboxylic acids is 1. The fourth-order valence-corrected chi connectivity index (χ4v) is 4.99. The Morgan fingerprint density at radius 3 is 2.49 bits per heavy atom. The fraction of sp³-hybridized carbons (Fsp3) is 0.423. The Kier molecular flexibility index (Phi) is 9.02. The van der Waals surface area contributed by atoms with Gasteiger partial charge in [-0.3, -0.25) is 14.3 Å². The molecule has 1 aromatic heterocycles. The molecule has 9 heteroatoms. The number of para-hydroxylation sites is 3. The van der Waals surface area contributed by atoms with E-state index in [1.165, 1.54) is 31.0 Å². The number of amides is 1. The minimum atomic E-state index is -0.0770. The number of hydrogen-bond acceptors (Lipinski definition) is 7. The molecule has 1 aliphatic heterocycles. The van der Waals surface area contributed by atoms with Gasteiger partial charge in [-0.25, -0.2) is 0 Å². The quantitative estimate of drug-likeness (QED) is 0.317. The summed E-state index contributed by atoms with van der Waals surface area (Å²) in [5, 5.41) is 12.7. The van der Waals surface area contributed by atoms with Gasteiger partial charge in [0.2, 0.25) is 5.91 Å². The molecule has 1 amide bonds. The number of nitrogens with zero attached hydrogens (tertiary/aromatic N) is 4. The van der Waals surface area contributed by atoms with Gasteiger partial charge in [0.15, 0.2) is 22.5 Å². The molecule has 0 bridgehead atoms. The van der Waals surface area contributed by atoms with Crippen molar-refractivity contribution in [2.24, 2.45) is 0 Å². The Morgan fingerprint density at radius 1 is 1.03 bits per heavy atom. The van der Waals surface area contributed by atoms with E-state index in [0.717, 1.165) is 29.8 Å². The molecule has 1 atom stereocenters. The smallest absolute Gasteiger partial charge is 0.230 e. The van der Waals surface area contributed by atoms with Crippen LogP contribution in [0.2, 0.25) is 0 Å². The summed E-state index contributed by atoms with van der Waals surface area (Å²) in [4.78, 5) is 15.0. The van der Waals surface area contributed by atoms with E-state index >= 15 is 0 Å². The summed E-state index contributed by atoms with van der Waals surface area (Å²) in [5.74, 6) is 2.41. The molecule has 1 saturated heterocycles. The van der Waals surface area contributed by atoms with Crippen molar-refractivity contribution in [3.8, 4) is 17.2 Å². The van der Waals surface area contributed by atoms with E-state index < -0.39 is 0 Å². The molecular weight excluding hydrogens is 462 g/mol. The monoisotopic (exact) mass is 495 g/mol. The maximum atomic E-state index is 12.5. The first kappa shape index (κ1) is 25.1. The van der Waals surface area contributed by atoms with Crippen LogP contribution >= 0.6 is 11.8 Å². The lowest BCUT2D eigenvalue weighted by Gasteiger charge is -2.31. The van der Waals surface area contributed by atoms with Gasteiger partial charge < -0.3 is 14.8 Å². The van der Waals surface area contributed by atoms with Gasteiger partial charge in [0.05, 0.1) is 25.4 Å². The van der Waals surface area contributed by atoms with Crippen LogP contribution in [0.15, 0.2) is 59.8 Å². The van der Waals surface area contributed by atoms with E-state index in [9.17, 15) is 4.79 Å². The topological polar surface area (TPSA) is 81.5 Å². The van der Waals surface area contributed by atoms with Crippen molar-refractivity contribution >= 4 is 17.7 Å². The van der Waals surface area contributed by atoms with Crippen molar-refractivity contribution in [1.29, 1.82) is 0 Å². The van der Waals surface area contributed by atoms with Crippen LogP contribution in [-0.4, -0.2) is 64.7 Å². The second kappa shape index (κ2) is 12.6. The first-order chi connectivity index (χ1) is 17.2. The number of rotatable bonds is 11. The Hall–Kier alpha value is -3.04. The fourth-order valence-electron chi connectivity index (χ4n) is 4.20. The third-order valence-corrected chi connectivity index (χ3v) is 7.00. The lowest BCUT2D eigenvalue weighted by atomic mass is 10.1. The highest BCUT2D eigenvalue weighted by atomic mass is 32.2. The summed E-state index contributed by atoms with van der Waals surface area (Å²) in [6.45, 7) is 5.10. The summed E-state index contributed by atoms with van der Waals surface area (Å²) in [6.07, 6.45) is 3.72. The molecule has 1 aliphatic rings. The van der Waals surface area contributed by atoms with E-state index in [2.05, 4.69) is 44.0 Å². The van der Waals surface area contributed by atoms with Gasteiger partial charge in [0.25, 0.3) is 0 Å². The number of aromatic nitrogens is 3. The van der Waals surface area contributed by atoms with Crippen molar-refractivity contribution in [3.63, 3.8) is 0 Å². The Bertz CT molecular complexity index is 1090. The number of thioether (sulfide) groups is 1. The molecule has 1 fully saturated rings. The average Bonchev–Trinajstić information content (AvgIpc) is 3.34. The van der Waals surface area contributed by atoms with Gasteiger partial charge in [0.1, 0.15) is 6.61 Å². The van der Waals surface area contributed by atoms with Crippen LogP contribution in [0.4, 0.5) is 0 Å². The number of ether oxygens (including phenoxy) is 2. The Balaban J connectivity index is 1.36. The van der Waals surface area contributed by atoms with Crippen LogP contribution < -0.4 is 14.8 Å². The SMILES string of the molecule is COc1ccccc1OCCNC(=O)CSc1nnc([C@H](C)N2CCCCC2)n1-c1ccccc1. The zero-order valence-electron chi connectivity index (χ0n) is 20.4. The molecule has 2 aromatic carbocycles. The summed E-state index contributed by atoms with van der Waals surface area (Å²) in [6, 6.07) is 17.7. The summed E-state index contributed by atoms with van der Waals surface area (Å²) >= 11 is 1.39. The first-order valence-electron chi connectivity index (χ1n) is 12.1. The predicted octanol–water partition coefficient (Wildman–Crippen LogP) is 4.11.